The van der Waals surface area contributed by atoms with Crippen molar-refractivity contribution in [2.24, 2.45) is 5.92 Å². The van der Waals surface area contributed by atoms with Crippen LogP contribution in [0.25, 0.3) is 0 Å². The maximum Gasteiger partial charge on any atom is 0.251 e. The van der Waals surface area contributed by atoms with Crippen molar-refractivity contribution < 1.29 is 9.53 Å². The number of hydrogen-bond donors (Lipinski definition) is 1. The predicted octanol–water partition coefficient (Wildman–Crippen LogP) is 0.315. The van der Waals surface area contributed by atoms with E-state index in [1.165, 1.54) is 22.9 Å². The molecule has 1 fully saturated rings. The van der Waals surface area contributed by atoms with Gasteiger partial charge in [-0.3, -0.25) is 9.59 Å². The smallest absolute Gasteiger partial charge is 0.251 e. The van der Waals surface area contributed by atoms with Crippen molar-refractivity contribution in [2.75, 3.05) is 32.5 Å². The molecule has 1 atom stereocenters. The van der Waals surface area contributed by atoms with Crippen LogP contribution < -0.4 is 11.3 Å². The van der Waals surface area contributed by atoms with Gasteiger partial charge in [-0.15, -0.1) is 0 Å². The lowest BCUT2D eigenvalue weighted by molar-refractivity contribution is -0.131. The summed E-state index contributed by atoms with van der Waals surface area (Å²) in [7, 11) is 1.76. The number of pyridine rings is 1. The van der Waals surface area contributed by atoms with Crippen LogP contribution in [0.2, 0.25) is 0 Å². The Morgan fingerprint density at radius 3 is 3.05 bits per heavy atom. The minimum absolute atomic E-state index is 0.0218. The van der Waals surface area contributed by atoms with E-state index < -0.39 is 0 Å². The Balaban J connectivity index is 1.93. The normalized spacial score (nSPS) is 18.8. The number of aromatic nitrogens is 1. The van der Waals surface area contributed by atoms with Gasteiger partial charge in [0, 0.05) is 38.1 Å². The van der Waals surface area contributed by atoms with E-state index in [0.717, 1.165) is 19.4 Å². The molecule has 6 nitrogen and oxygen atoms in total. The number of ether oxygens (including phenoxy) is 1. The van der Waals surface area contributed by atoms with E-state index in [0.29, 0.717) is 24.8 Å². The molecule has 0 radical (unpaired) electrons. The predicted molar refractivity (Wildman–Crippen MR) is 76.3 cm³/mol. The number of carbonyl (C=O) groups is 1. The molecule has 1 unspecified atom stereocenters. The molecule has 2 heterocycles. The van der Waals surface area contributed by atoms with Crippen molar-refractivity contribution in [1.82, 2.24) is 9.47 Å². The third kappa shape index (κ3) is 3.84. The van der Waals surface area contributed by atoms with Crippen LogP contribution in [0.1, 0.15) is 12.8 Å². The number of rotatable bonds is 4. The number of likely N-dealkylation sites (N-methyl/N-ethyl adjacent to an activating group) is 1. The highest BCUT2D eigenvalue weighted by Gasteiger charge is 2.19. The molecule has 110 valence electrons. The maximum absolute atomic E-state index is 12.1. The van der Waals surface area contributed by atoms with Crippen LogP contribution in [0.3, 0.4) is 0 Å². The molecule has 0 aromatic carbocycles. The van der Waals surface area contributed by atoms with E-state index in [1.54, 1.807) is 11.9 Å². The molecule has 1 saturated heterocycles. The minimum atomic E-state index is -0.220. The Labute approximate surface area is 118 Å². The molecule has 1 aromatic rings. The van der Waals surface area contributed by atoms with Gasteiger partial charge in [-0.2, -0.15) is 0 Å². The van der Waals surface area contributed by atoms with Crippen molar-refractivity contribution in [3.8, 4) is 0 Å². The van der Waals surface area contributed by atoms with E-state index in [4.69, 9.17) is 10.5 Å². The van der Waals surface area contributed by atoms with E-state index in [1.807, 2.05) is 0 Å². The first-order chi connectivity index (χ1) is 9.56. The number of hydrogen-bond acceptors (Lipinski definition) is 4. The summed E-state index contributed by atoms with van der Waals surface area (Å²) in [5.41, 5.74) is 5.88. The molecule has 20 heavy (non-hydrogen) atoms. The maximum atomic E-state index is 12.1. The topological polar surface area (TPSA) is 77.6 Å². The Morgan fingerprint density at radius 1 is 1.55 bits per heavy atom. The van der Waals surface area contributed by atoms with Crippen LogP contribution in [-0.2, 0) is 16.1 Å². The molecular weight excluding hydrogens is 258 g/mol. The third-order valence-electron chi connectivity index (χ3n) is 3.52. The molecule has 0 spiro atoms. The quantitative estimate of drug-likeness (QED) is 0.861. The van der Waals surface area contributed by atoms with Gasteiger partial charge in [0.2, 0.25) is 5.91 Å². The van der Waals surface area contributed by atoms with Crippen molar-refractivity contribution in [3.63, 3.8) is 0 Å². The van der Waals surface area contributed by atoms with Crippen LogP contribution in [0, 0.1) is 5.92 Å². The molecule has 2 rings (SSSR count). The summed E-state index contributed by atoms with van der Waals surface area (Å²) in [6.45, 7) is 2.20. The highest BCUT2D eigenvalue weighted by atomic mass is 16.5. The monoisotopic (exact) mass is 279 g/mol. The van der Waals surface area contributed by atoms with Gasteiger partial charge in [-0.25, -0.2) is 0 Å². The summed E-state index contributed by atoms with van der Waals surface area (Å²) in [6.07, 6.45) is 3.62. The number of anilines is 1. The largest absolute Gasteiger partial charge is 0.398 e. The van der Waals surface area contributed by atoms with E-state index in [2.05, 4.69) is 0 Å². The van der Waals surface area contributed by atoms with E-state index in [9.17, 15) is 9.59 Å². The summed E-state index contributed by atoms with van der Waals surface area (Å²) in [4.78, 5) is 25.4. The number of nitrogens with zero attached hydrogens (tertiary/aromatic N) is 2. The third-order valence-corrected chi connectivity index (χ3v) is 3.52. The highest BCUT2D eigenvalue weighted by Crippen LogP contribution is 2.14. The zero-order chi connectivity index (χ0) is 14.5. The summed E-state index contributed by atoms with van der Waals surface area (Å²) < 4.78 is 6.74. The summed E-state index contributed by atoms with van der Waals surface area (Å²) >= 11 is 0. The lowest BCUT2D eigenvalue weighted by atomic mass is 10.0. The van der Waals surface area contributed by atoms with Crippen molar-refractivity contribution in [3.05, 3.63) is 28.7 Å². The number of amides is 1. The fraction of sp³-hybridized carbons (Fsp3) is 0.571. The number of carbonyl (C=O) groups excluding carboxylic acids is 1. The van der Waals surface area contributed by atoms with Crippen molar-refractivity contribution >= 4 is 11.6 Å². The molecule has 0 aliphatic carbocycles. The first-order valence-corrected chi connectivity index (χ1v) is 6.84. The van der Waals surface area contributed by atoms with Crippen LogP contribution in [0.5, 0.6) is 0 Å². The lowest BCUT2D eigenvalue weighted by Crippen LogP contribution is -2.38. The van der Waals surface area contributed by atoms with Gasteiger partial charge in [0.1, 0.15) is 6.54 Å². The van der Waals surface area contributed by atoms with Gasteiger partial charge in [-0.05, 0) is 24.8 Å². The van der Waals surface area contributed by atoms with Gasteiger partial charge in [-0.1, -0.05) is 0 Å². The Kier molecular flexibility index (Phi) is 4.79. The molecule has 1 amide bonds. The highest BCUT2D eigenvalue weighted by molar-refractivity contribution is 5.75. The zero-order valence-corrected chi connectivity index (χ0v) is 11.7. The van der Waals surface area contributed by atoms with Crippen LogP contribution >= 0.6 is 0 Å². The summed E-state index contributed by atoms with van der Waals surface area (Å²) in [5.74, 6) is 0.290. The summed E-state index contributed by atoms with van der Waals surface area (Å²) in [6, 6.07) is 2.91. The van der Waals surface area contributed by atoms with Gasteiger partial charge in [0.05, 0.1) is 6.61 Å². The molecule has 1 aromatic heterocycles. The van der Waals surface area contributed by atoms with Crippen molar-refractivity contribution in [1.29, 1.82) is 0 Å². The zero-order valence-electron chi connectivity index (χ0n) is 11.7. The second-order valence-electron chi connectivity index (χ2n) is 5.29. The SMILES string of the molecule is CN(CC1CCCOC1)C(=O)Cn1cc(N)ccc1=O. The average Bonchev–Trinajstić information content (AvgIpc) is 2.44. The van der Waals surface area contributed by atoms with Crippen LogP contribution in [0.4, 0.5) is 5.69 Å². The Morgan fingerprint density at radius 2 is 2.35 bits per heavy atom. The van der Waals surface area contributed by atoms with Gasteiger partial charge < -0.3 is 19.9 Å². The van der Waals surface area contributed by atoms with E-state index in [-0.39, 0.29) is 18.0 Å². The van der Waals surface area contributed by atoms with E-state index >= 15 is 0 Å². The molecule has 0 saturated carbocycles. The standard InChI is InChI=1S/C14H21N3O3/c1-16(7-11-3-2-6-20-10-11)14(19)9-17-8-12(15)4-5-13(17)18/h4-5,8,11H,2-3,6-7,9-10,15H2,1H3. The first kappa shape index (κ1) is 14.6. The lowest BCUT2D eigenvalue weighted by Gasteiger charge is -2.27. The fourth-order valence-corrected chi connectivity index (χ4v) is 2.38. The fourth-order valence-electron chi connectivity index (χ4n) is 2.38. The molecule has 1 aliphatic heterocycles. The second-order valence-corrected chi connectivity index (χ2v) is 5.29. The van der Waals surface area contributed by atoms with Gasteiger partial charge in [0.25, 0.3) is 5.56 Å². The minimum Gasteiger partial charge on any atom is -0.398 e. The molecular formula is C14H21N3O3. The Hall–Kier alpha value is -1.82. The molecule has 1 aliphatic rings. The van der Waals surface area contributed by atoms with Gasteiger partial charge >= 0.3 is 0 Å². The molecule has 0 bridgehead atoms. The number of nitrogens with two attached hydrogens (primary N) is 1. The van der Waals surface area contributed by atoms with Crippen LogP contribution in [-0.4, -0.2) is 42.2 Å². The first-order valence-electron chi connectivity index (χ1n) is 6.84. The summed E-state index contributed by atoms with van der Waals surface area (Å²) in [5, 5.41) is 0. The average molecular weight is 279 g/mol. The molecule has 2 N–H and O–H groups in total. The Bertz CT molecular complexity index is 521. The molecule has 6 heteroatoms. The van der Waals surface area contributed by atoms with Crippen LogP contribution in [0.15, 0.2) is 23.1 Å². The second kappa shape index (κ2) is 6.56. The van der Waals surface area contributed by atoms with Gasteiger partial charge in [0.15, 0.2) is 0 Å². The number of nitrogen functional groups attached to an aromatic ring is 1. The van der Waals surface area contributed by atoms with Crippen molar-refractivity contribution in [2.45, 2.75) is 19.4 Å².